The number of rotatable bonds is 8. The Balaban J connectivity index is 1.49. The number of carbonyl (C=O) groups excluding carboxylic acids is 2. The van der Waals surface area contributed by atoms with E-state index in [1.165, 1.54) is 0 Å². The van der Waals surface area contributed by atoms with E-state index in [1.807, 2.05) is 24.3 Å². The average molecular weight is 457 g/mol. The second kappa shape index (κ2) is 10.8. The zero-order valence-corrected chi connectivity index (χ0v) is 18.4. The largest absolute Gasteiger partial charge is 0.479 e. The number of benzene rings is 3. The third-order valence-electron chi connectivity index (χ3n) is 4.53. The molecule has 0 radical (unpaired) electrons. The van der Waals surface area contributed by atoms with Gasteiger partial charge in [0.1, 0.15) is 5.75 Å². The van der Waals surface area contributed by atoms with Gasteiger partial charge in [0, 0.05) is 22.8 Å². The van der Waals surface area contributed by atoms with Gasteiger partial charge in [-0.15, -0.1) is 0 Å². The van der Waals surface area contributed by atoms with Gasteiger partial charge in [0.15, 0.2) is 6.10 Å². The van der Waals surface area contributed by atoms with Gasteiger partial charge in [-0.25, -0.2) is 0 Å². The minimum absolute atomic E-state index is 0.113. The maximum atomic E-state index is 12.4. The monoisotopic (exact) mass is 456 g/mol. The first kappa shape index (κ1) is 22.7. The maximum Gasteiger partial charge on any atom is 0.265 e. The third-order valence-corrected chi connectivity index (χ3v) is 5.21. The van der Waals surface area contributed by atoms with Crippen molar-refractivity contribution in [1.82, 2.24) is 0 Å². The van der Waals surface area contributed by atoms with E-state index in [0.29, 0.717) is 40.0 Å². The van der Waals surface area contributed by atoms with Crippen molar-refractivity contribution in [3.8, 4) is 5.75 Å². The van der Waals surface area contributed by atoms with Crippen molar-refractivity contribution in [2.24, 2.45) is 0 Å². The van der Waals surface area contributed by atoms with E-state index < -0.39 is 6.10 Å². The van der Waals surface area contributed by atoms with Gasteiger partial charge in [0.2, 0.25) is 5.91 Å². The number of nitrogens with one attached hydrogen (secondary N) is 2. The molecule has 0 aliphatic carbocycles. The van der Waals surface area contributed by atoms with Crippen LogP contribution in [-0.2, 0) is 16.0 Å². The van der Waals surface area contributed by atoms with Crippen molar-refractivity contribution in [1.29, 1.82) is 0 Å². The molecule has 0 aliphatic rings. The molecule has 0 spiro atoms. The molecule has 2 amide bonds. The van der Waals surface area contributed by atoms with E-state index in [-0.39, 0.29) is 11.8 Å². The van der Waals surface area contributed by atoms with Gasteiger partial charge in [0.25, 0.3) is 5.91 Å². The molecule has 0 aromatic heterocycles. The van der Waals surface area contributed by atoms with Crippen LogP contribution in [0.4, 0.5) is 11.4 Å². The summed E-state index contributed by atoms with van der Waals surface area (Å²) in [6.45, 7) is 1.65. The fraction of sp³-hybridized carbons (Fsp3) is 0.167. The van der Waals surface area contributed by atoms with Gasteiger partial charge in [-0.3, -0.25) is 9.59 Å². The Morgan fingerprint density at radius 3 is 2.06 bits per heavy atom. The van der Waals surface area contributed by atoms with Crippen LogP contribution >= 0.6 is 23.2 Å². The zero-order chi connectivity index (χ0) is 22.2. The van der Waals surface area contributed by atoms with E-state index in [9.17, 15) is 9.59 Å². The van der Waals surface area contributed by atoms with Crippen molar-refractivity contribution in [2.75, 3.05) is 10.6 Å². The molecule has 0 saturated heterocycles. The van der Waals surface area contributed by atoms with E-state index in [4.69, 9.17) is 27.9 Å². The van der Waals surface area contributed by atoms with Crippen LogP contribution in [0, 0.1) is 0 Å². The molecule has 5 nitrogen and oxygen atoms in total. The highest BCUT2D eigenvalue weighted by Crippen LogP contribution is 2.24. The second-order valence-corrected chi connectivity index (χ2v) is 7.71. The molecule has 2 N–H and O–H groups in total. The number of amides is 2. The number of aryl methyl sites for hydroxylation is 1. The van der Waals surface area contributed by atoms with E-state index in [1.54, 1.807) is 55.5 Å². The van der Waals surface area contributed by atoms with Crippen molar-refractivity contribution < 1.29 is 14.3 Å². The van der Waals surface area contributed by atoms with Crippen LogP contribution < -0.4 is 15.4 Å². The lowest BCUT2D eigenvalue weighted by Crippen LogP contribution is -2.30. The van der Waals surface area contributed by atoms with Crippen LogP contribution in [0.5, 0.6) is 5.75 Å². The number of hydrogen-bond acceptors (Lipinski definition) is 3. The molecular weight excluding hydrogens is 435 g/mol. The number of halogens is 2. The number of anilines is 2. The van der Waals surface area contributed by atoms with Gasteiger partial charge in [-0.1, -0.05) is 53.5 Å². The van der Waals surface area contributed by atoms with E-state index in [0.717, 1.165) is 5.56 Å². The van der Waals surface area contributed by atoms with Crippen molar-refractivity contribution in [3.05, 3.63) is 88.4 Å². The molecule has 3 aromatic rings. The minimum Gasteiger partial charge on any atom is -0.479 e. The molecule has 1 atom stereocenters. The van der Waals surface area contributed by atoms with E-state index >= 15 is 0 Å². The molecule has 0 heterocycles. The van der Waals surface area contributed by atoms with Crippen LogP contribution in [0.15, 0.2) is 72.8 Å². The first-order valence-electron chi connectivity index (χ1n) is 9.78. The summed E-state index contributed by atoms with van der Waals surface area (Å²) in [6.07, 6.45) is 0.145. The fourth-order valence-electron chi connectivity index (χ4n) is 2.84. The van der Waals surface area contributed by atoms with Gasteiger partial charge in [-0.2, -0.15) is 0 Å². The normalized spacial score (nSPS) is 11.5. The summed E-state index contributed by atoms with van der Waals surface area (Å²) in [5, 5.41) is 6.72. The molecule has 7 heteroatoms. The van der Waals surface area contributed by atoms with Crippen LogP contribution in [0.25, 0.3) is 0 Å². The molecule has 0 aliphatic heterocycles. The molecule has 3 aromatic carbocycles. The van der Waals surface area contributed by atoms with Crippen LogP contribution in [-0.4, -0.2) is 17.9 Å². The molecular formula is C24H22Cl2N2O3. The van der Waals surface area contributed by atoms with Gasteiger partial charge >= 0.3 is 0 Å². The van der Waals surface area contributed by atoms with Crippen LogP contribution in [0.1, 0.15) is 18.9 Å². The number of hydrogen-bond donors (Lipinski definition) is 2. The average Bonchev–Trinajstić information content (AvgIpc) is 2.76. The lowest BCUT2D eigenvalue weighted by Gasteiger charge is -2.15. The molecule has 1 unspecified atom stereocenters. The molecule has 0 fully saturated rings. The number of carbonyl (C=O) groups is 2. The Morgan fingerprint density at radius 2 is 1.42 bits per heavy atom. The molecule has 31 heavy (non-hydrogen) atoms. The second-order valence-electron chi connectivity index (χ2n) is 6.90. The minimum atomic E-state index is -0.732. The summed E-state index contributed by atoms with van der Waals surface area (Å²) in [5.74, 6) is 0.0246. The van der Waals surface area contributed by atoms with E-state index in [2.05, 4.69) is 10.6 Å². The summed E-state index contributed by atoms with van der Waals surface area (Å²) in [5.41, 5.74) is 2.17. The highest BCUT2D eigenvalue weighted by atomic mass is 35.5. The Bertz CT molecular complexity index is 1050. The first-order chi connectivity index (χ1) is 14.9. The quantitative estimate of drug-likeness (QED) is 0.438. The van der Waals surface area contributed by atoms with Gasteiger partial charge < -0.3 is 15.4 Å². The molecule has 0 bridgehead atoms. The highest BCUT2D eigenvalue weighted by molar-refractivity contribution is 6.32. The summed E-state index contributed by atoms with van der Waals surface area (Å²) in [6, 6.07) is 21.3. The lowest BCUT2D eigenvalue weighted by molar-refractivity contribution is -0.122. The van der Waals surface area contributed by atoms with Gasteiger partial charge in [-0.05, 0) is 61.4 Å². The zero-order valence-electron chi connectivity index (χ0n) is 16.9. The maximum absolute atomic E-state index is 12.4. The standard InChI is InChI=1S/C24H22Cl2N2O3/c1-16(31-22-9-5-4-8-21(22)26)24(30)28-19-13-11-18(12-14-19)27-23(29)15-10-17-6-2-3-7-20(17)25/h2-9,11-14,16H,10,15H2,1H3,(H,27,29)(H,28,30). The fourth-order valence-corrected chi connectivity index (χ4v) is 3.25. The van der Waals surface area contributed by atoms with Crippen LogP contribution in [0.2, 0.25) is 10.0 Å². The SMILES string of the molecule is CC(Oc1ccccc1Cl)C(=O)Nc1ccc(NC(=O)CCc2ccccc2Cl)cc1. The summed E-state index contributed by atoms with van der Waals surface area (Å²) in [4.78, 5) is 24.6. The molecule has 0 saturated carbocycles. The molecule has 3 rings (SSSR count). The smallest absolute Gasteiger partial charge is 0.265 e. The van der Waals surface area contributed by atoms with Gasteiger partial charge in [0.05, 0.1) is 5.02 Å². The topological polar surface area (TPSA) is 67.4 Å². The summed E-state index contributed by atoms with van der Waals surface area (Å²) in [7, 11) is 0. The third kappa shape index (κ3) is 6.74. The Morgan fingerprint density at radius 1 is 0.839 bits per heavy atom. The summed E-state index contributed by atoms with van der Waals surface area (Å²) >= 11 is 12.2. The molecule has 160 valence electrons. The summed E-state index contributed by atoms with van der Waals surface area (Å²) < 4.78 is 5.62. The van der Waals surface area contributed by atoms with Crippen LogP contribution in [0.3, 0.4) is 0 Å². The lowest BCUT2D eigenvalue weighted by atomic mass is 10.1. The number of para-hydroxylation sites is 1. The Hall–Kier alpha value is -3.02. The predicted octanol–water partition coefficient (Wildman–Crippen LogP) is 5.97. The predicted molar refractivity (Wildman–Crippen MR) is 125 cm³/mol. The first-order valence-corrected chi connectivity index (χ1v) is 10.5. The highest BCUT2D eigenvalue weighted by Gasteiger charge is 2.16. The Kier molecular flexibility index (Phi) is 7.93. The number of ether oxygens (including phenoxy) is 1. The Labute approximate surface area is 191 Å². The van der Waals surface area contributed by atoms with Crippen molar-refractivity contribution in [2.45, 2.75) is 25.9 Å². The van der Waals surface area contributed by atoms with Crippen molar-refractivity contribution in [3.63, 3.8) is 0 Å². The van der Waals surface area contributed by atoms with Crippen molar-refractivity contribution >= 4 is 46.4 Å².